The van der Waals surface area contributed by atoms with E-state index in [4.69, 9.17) is 23.2 Å². The maximum Gasteiger partial charge on any atom is 0.290 e. The molecule has 7 nitrogen and oxygen atoms in total. The van der Waals surface area contributed by atoms with Crippen molar-refractivity contribution in [3.8, 4) is 0 Å². The number of aromatic nitrogens is 3. The summed E-state index contributed by atoms with van der Waals surface area (Å²) in [6.45, 7) is 1.81. The second-order valence-electron chi connectivity index (χ2n) is 4.20. The quantitative estimate of drug-likeness (QED) is 0.646. The van der Waals surface area contributed by atoms with Crippen LogP contribution in [0.2, 0.25) is 10.3 Å². The van der Waals surface area contributed by atoms with Crippen LogP contribution < -0.4 is 10.9 Å². The number of amides is 2. The van der Waals surface area contributed by atoms with E-state index >= 15 is 0 Å². The highest BCUT2D eigenvalue weighted by atomic mass is 35.5. The Bertz CT molecular complexity index is 674. The molecule has 0 aliphatic heterocycles. The van der Waals surface area contributed by atoms with E-state index in [0.29, 0.717) is 0 Å². The van der Waals surface area contributed by atoms with Crippen LogP contribution in [0.5, 0.6) is 0 Å². The van der Waals surface area contributed by atoms with Crippen molar-refractivity contribution in [2.75, 3.05) is 0 Å². The molecule has 0 aliphatic carbocycles. The zero-order chi connectivity index (χ0) is 15.6. The monoisotopic (exact) mass is 327 g/mol. The van der Waals surface area contributed by atoms with E-state index in [1.165, 1.54) is 12.1 Å². The summed E-state index contributed by atoms with van der Waals surface area (Å²) in [7, 11) is 1.71. The van der Waals surface area contributed by atoms with Crippen molar-refractivity contribution in [2.24, 2.45) is 7.05 Å². The number of rotatable bonds is 2. The lowest BCUT2D eigenvalue weighted by atomic mass is 10.2. The van der Waals surface area contributed by atoms with Crippen molar-refractivity contribution < 1.29 is 9.59 Å². The third-order valence-corrected chi connectivity index (χ3v) is 3.05. The van der Waals surface area contributed by atoms with Gasteiger partial charge in [0.1, 0.15) is 10.3 Å². The van der Waals surface area contributed by atoms with Crippen LogP contribution in [-0.2, 0) is 7.05 Å². The zero-order valence-electron chi connectivity index (χ0n) is 11.1. The molecular formula is C12H11Cl2N5O2. The lowest BCUT2D eigenvalue weighted by Gasteiger charge is -2.06. The molecule has 0 spiro atoms. The maximum atomic E-state index is 11.9. The molecule has 0 unspecified atom stereocenters. The molecule has 2 heterocycles. The van der Waals surface area contributed by atoms with Crippen molar-refractivity contribution in [1.82, 2.24) is 25.6 Å². The normalized spacial score (nSPS) is 10.3. The molecule has 0 aromatic carbocycles. The lowest BCUT2D eigenvalue weighted by Crippen LogP contribution is -2.41. The van der Waals surface area contributed by atoms with E-state index < -0.39 is 11.8 Å². The van der Waals surface area contributed by atoms with Gasteiger partial charge in [-0.3, -0.25) is 25.1 Å². The fourth-order valence-electron chi connectivity index (χ4n) is 1.52. The number of hydrazine groups is 1. The lowest BCUT2D eigenvalue weighted by molar-refractivity contribution is 0.0843. The van der Waals surface area contributed by atoms with Crippen molar-refractivity contribution in [3.05, 3.63) is 45.5 Å². The van der Waals surface area contributed by atoms with Gasteiger partial charge in [-0.25, -0.2) is 4.98 Å². The average molecular weight is 328 g/mol. The topological polar surface area (TPSA) is 88.9 Å². The number of aryl methyl sites for hydroxylation is 2. The van der Waals surface area contributed by atoms with E-state index in [1.54, 1.807) is 17.8 Å². The van der Waals surface area contributed by atoms with Crippen LogP contribution in [0.1, 0.15) is 26.5 Å². The minimum atomic E-state index is -0.567. The molecule has 0 aliphatic rings. The molecule has 0 bridgehead atoms. The molecule has 2 aromatic heterocycles. The van der Waals surface area contributed by atoms with Crippen LogP contribution in [0.25, 0.3) is 0 Å². The van der Waals surface area contributed by atoms with Gasteiger partial charge >= 0.3 is 0 Å². The van der Waals surface area contributed by atoms with Gasteiger partial charge in [0.25, 0.3) is 11.8 Å². The Morgan fingerprint density at radius 2 is 1.67 bits per heavy atom. The van der Waals surface area contributed by atoms with Crippen molar-refractivity contribution >= 4 is 35.0 Å². The molecule has 2 rings (SSSR count). The van der Waals surface area contributed by atoms with Gasteiger partial charge in [0, 0.05) is 18.3 Å². The third-order valence-electron chi connectivity index (χ3n) is 2.66. The summed E-state index contributed by atoms with van der Waals surface area (Å²) in [6, 6.07) is 4.27. The number of hydrogen-bond donors (Lipinski definition) is 2. The molecule has 9 heteroatoms. The Morgan fingerprint density at radius 3 is 2.19 bits per heavy atom. The molecule has 0 fully saturated rings. The number of carbonyl (C=O) groups is 2. The highest BCUT2D eigenvalue weighted by Crippen LogP contribution is 2.14. The molecule has 0 saturated heterocycles. The average Bonchev–Trinajstić information content (AvgIpc) is 2.74. The van der Waals surface area contributed by atoms with Gasteiger partial charge in [0.15, 0.2) is 5.69 Å². The molecule has 0 atom stereocenters. The maximum absolute atomic E-state index is 11.9. The van der Waals surface area contributed by atoms with E-state index in [9.17, 15) is 9.59 Å². The van der Waals surface area contributed by atoms with Crippen molar-refractivity contribution in [2.45, 2.75) is 6.92 Å². The van der Waals surface area contributed by atoms with Gasteiger partial charge in [-0.1, -0.05) is 23.2 Å². The second kappa shape index (κ2) is 6.11. The Balaban J connectivity index is 2.02. The predicted octanol–water partition coefficient (Wildman–Crippen LogP) is 1.51. The number of nitrogens with zero attached hydrogens (tertiary/aromatic N) is 3. The van der Waals surface area contributed by atoms with Crippen molar-refractivity contribution in [1.29, 1.82) is 0 Å². The summed E-state index contributed by atoms with van der Waals surface area (Å²) in [6.07, 6.45) is 0. The Kier molecular flexibility index (Phi) is 4.44. The summed E-state index contributed by atoms with van der Waals surface area (Å²) in [5.41, 5.74) is 5.70. The first-order valence-corrected chi connectivity index (χ1v) is 6.57. The molecule has 2 amide bonds. The molecule has 0 radical (unpaired) electrons. The van der Waals surface area contributed by atoms with Crippen molar-refractivity contribution in [3.63, 3.8) is 0 Å². The van der Waals surface area contributed by atoms with Crippen LogP contribution in [0, 0.1) is 6.92 Å². The summed E-state index contributed by atoms with van der Waals surface area (Å²) in [5, 5.41) is 4.16. The Hall–Kier alpha value is -2.12. The van der Waals surface area contributed by atoms with E-state index in [0.717, 1.165) is 5.69 Å². The summed E-state index contributed by atoms with van der Waals surface area (Å²) < 4.78 is 1.55. The van der Waals surface area contributed by atoms with Gasteiger partial charge in [-0.05, 0) is 25.1 Å². The summed E-state index contributed by atoms with van der Waals surface area (Å²) in [4.78, 5) is 27.4. The number of carbonyl (C=O) groups excluding carboxylic acids is 2. The van der Waals surface area contributed by atoms with E-state index in [2.05, 4.69) is 20.9 Å². The molecule has 21 heavy (non-hydrogen) atoms. The minimum absolute atomic E-state index is 0.0827. The fraction of sp³-hybridized carbons (Fsp3) is 0.167. The van der Waals surface area contributed by atoms with Gasteiger partial charge in [0.05, 0.1) is 0 Å². The van der Waals surface area contributed by atoms with E-state index in [1.807, 2.05) is 6.92 Å². The van der Waals surface area contributed by atoms with Gasteiger partial charge in [0.2, 0.25) is 0 Å². The Labute approximate surface area is 130 Å². The fourth-order valence-corrected chi connectivity index (χ4v) is 1.98. The number of pyridine rings is 1. The first kappa shape index (κ1) is 15.3. The summed E-state index contributed by atoms with van der Waals surface area (Å²) >= 11 is 11.4. The number of hydrogen-bond acceptors (Lipinski definition) is 4. The minimum Gasteiger partial charge on any atom is -0.272 e. The van der Waals surface area contributed by atoms with Gasteiger partial charge in [-0.2, -0.15) is 5.10 Å². The predicted molar refractivity (Wildman–Crippen MR) is 77.1 cm³/mol. The first-order valence-electron chi connectivity index (χ1n) is 5.81. The zero-order valence-corrected chi connectivity index (χ0v) is 12.7. The smallest absolute Gasteiger partial charge is 0.272 e. The third kappa shape index (κ3) is 3.71. The summed E-state index contributed by atoms with van der Waals surface area (Å²) in [5.74, 6) is -1.10. The molecular weight excluding hydrogens is 317 g/mol. The van der Waals surface area contributed by atoms with Crippen LogP contribution in [-0.4, -0.2) is 26.6 Å². The largest absolute Gasteiger partial charge is 0.290 e. The SMILES string of the molecule is Cc1cc(C(=O)NNC(=O)c2cc(Cl)nc(Cl)c2)nn1C. The van der Waals surface area contributed by atoms with E-state index in [-0.39, 0.29) is 21.6 Å². The molecule has 0 saturated carbocycles. The number of nitrogens with one attached hydrogen (secondary N) is 2. The first-order chi connectivity index (χ1) is 9.86. The molecule has 110 valence electrons. The van der Waals surface area contributed by atoms with Gasteiger partial charge in [-0.15, -0.1) is 0 Å². The highest BCUT2D eigenvalue weighted by molar-refractivity contribution is 6.33. The van der Waals surface area contributed by atoms with Crippen LogP contribution >= 0.6 is 23.2 Å². The number of halogens is 2. The Morgan fingerprint density at radius 1 is 1.10 bits per heavy atom. The highest BCUT2D eigenvalue weighted by Gasteiger charge is 2.13. The van der Waals surface area contributed by atoms with Crippen LogP contribution in [0.15, 0.2) is 18.2 Å². The molecule has 2 N–H and O–H groups in total. The van der Waals surface area contributed by atoms with Crippen LogP contribution in [0.4, 0.5) is 0 Å². The molecule has 2 aromatic rings. The van der Waals surface area contributed by atoms with Gasteiger partial charge < -0.3 is 0 Å². The van der Waals surface area contributed by atoms with Crippen LogP contribution in [0.3, 0.4) is 0 Å². The second-order valence-corrected chi connectivity index (χ2v) is 4.98. The standard InChI is InChI=1S/C12H11Cl2N5O2/c1-6-3-8(18-19(6)2)12(21)17-16-11(20)7-4-9(13)15-10(14)5-7/h3-5H,1-2H3,(H,16,20)(H,17,21).